The Morgan fingerprint density at radius 2 is 2.15 bits per heavy atom. The molecule has 3 rings (SSSR count). The minimum absolute atomic E-state index is 0.126. The highest BCUT2D eigenvalue weighted by molar-refractivity contribution is 7.90. The fourth-order valence-electron chi connectivity index (χ4n) is 2.71. The fourth-order valence-corrected chi connectivity index (χ4v) is 3.35. The van der Waals surface area contributed by atoms with E-state index in [2.05, 4.69) is 4.98 Å². The number of fused-ring (bicyclic) bond motifs is 1. The molecular formula is C14H18N2O3S. The van der Waals surface area contributed by atoms with Gasteiger partial charge in [0.25, 0.3) is 0 Å². The molecule has 0 amide bonds. The molecule has 0 bridgehead atoms. The minimum atomic E-state index is -3.22. The third-order valence-electron chi connectivity index (χ3n) is 4.20. The van der Waals surface area contributed by atoms with Gasteiger partial charge in [0.05, 0.1) is 4.90 Å². The van der Waals surface area contributed by atoms with Gasteiger partial charge in [-0.25, -0.2) is 13.4 Å². The van der Waals surface area contributed by atoms with Crippen molar-refractivity contribution < 1.29 is 12.8 Å². The van der Waals surface area contributed by atoms with Crippen LogP contribution in [0.1, 0.15) is 25.2 Å². The Hall–Kier alpha value is -1.40. The number of rotatable bonds is 4. The van der Waals surface area contributed by atoms with Crippen molar-refractivity contribution in [3.05, 3.63) is 24.1 Å². The van der Waals surface area contributed by atoms with Gasteiger partial charge in [-0.05, 0) is 43.0 Å². The molecule has 1 aliphatic rings. The summed E-state index contributed by atoms with van der Waals surface area (Å²) in [6, 6.07) is 4.78. The van der Waals surface area contributed by atoms with Gasteiger partial charge in [0.1, 0.15) is 5.52 Å². The molecule has 0 unspecified atom stereocenters. The lowest BCUT2D eigenvalue weighted by Gasteiger charge is -2.39. The second-order valence-electron chi connectivity index (χ2n) is 5.74. The summed E-state index contributed by atoms with van der Waals surface area (Å²) in [7, 11) is -3.22. The maximum absolute atomic E-state index is 11.5. The van der Waals surface area contributed by atoms with Crippen LogP contribution in [0.3, 0.4) is 0 Å². The van der Waals surface area contributed by atoms with Crippen LogP contribution in [-0.4, -0.2) is 26.2 Å². The van der Waals surface area contributed by atoms with Crippen molar-refractivity contribution in [2.45, 2.75) is 30.6 Å². The molecule has 2 aromatic rings. The van der Waals surface area contributed by atoms with Gasteiger partial charge in [-0.2, -0.15) is 0 Å². The third-order valence-corrected chi connectivity index (χ3v) is 5.32. The van der Waals surface area contributed by atoms with E-state index in [4.69, 9.17) is 10.2 Å². The Labute approximate surface area is 118 Å². The number of nitrogens with zero attached hydrogens (tertiary/aromatic N) is 1. The van der Waals surface area contributed by atoms with Crippen LogP contribution in [0.15, 0.2) is 27.5 Å². The molecular weight excluding hydrogens is 276 g/mol. The summed E-state index contributed by atoms with van der Waals surface area (Å²) < 4.78 is 28.8. The lowest BCUT2D eigenvalue weighted by Crippen LogP contribution is -2.39. The van der Waals surface area contributed by atoms with Gasteiger partial charge in [0.2, 0.25) is 0 Å². The highest BCUT2D eigenvalue weighted by Crippen LogP contribution is 2.42. The third kappa shape index (κ3) is 2.33. The number of hydrogen-bond donors (Lipinski definition) is 1. The SMILES string of the molecule is CS(=O)(=O)c1ccc2oc(CC3(CN)CCC3)nc2c1. The molecule has 1 saturated carbocycles. The van der Waals surface area contributed by atoms with Crippen LogP contribution in [0, 0.1) is 5.41 Å². The lowest BCUT2D eigenvalue weighted by molar-refractivity contribution is 0.134. The first kappa shape index (κ1) is 13.6. The van der Waals surface area contributed by atoms with Crippen LogP contribution in [-0.2, 0) is 16.3 Å². The fraction of sp³-hybridized carbons (Fsp3) is 0.500. The summed E-state index contributed by atoms with van der Waals surface area (Å²) in [4.78, 5) is 4.68. The van der Waals surface area contributed by atoms with Crippen LogP contribution < -0.4 is 5.73 Å². The predicted molar refractivity (Wildman–Crippen MR) is 76.2 cm³/mol. The van der Waals surface area contributed by atoms with Crippen molar-refractivity contribution in [1.82, 2.24) is 4.98 Å². The van der Waals surface area contributed by atoms with Gasteiger partial charge >= 0.3 is 0 Å². The molecule has 0 atom stereocenters. The van der Waals surface area contributed by atoms with E-state index in [0.717, 1.165) is 19.3 Å². The lowest BCUT2D eigenvalue weighted by atomic mass is 9.67. The summed E-state index contributed by atoms with van der Waals surface area (Å²) in [6.07, 6.45) is 5.34. The number of aromatic nitrogens is 1. The number of sulfone groups is 1. The maximum Gasteiger partial charge on any atom is 0.196 e. The zero-order valence-corrected chi connectivity index (χ0v) is 12.2. The predicted octanol–water partition coefficient (Wildman–Crippen LogP) is 1.90. The summed E-state index contributed by atoms with van der Waals surface area (Å²) in [5.41, 5.74) is 7.18. The van der Waals surface area contributed by atoms with Gasteiger partial charge in [-0.1, -0.05) is 6.42 Å². The number of oxazole rings is 1. The van der Waals surface area contributed by atoms with Crippen molar-refractivity contribution in [2.75, 3.05) is 12.8 Å². The Kier molecular flexibility index (Phi) is 3.10. The number of hydrogen-bond acceptors (Lipinski definition) is 5. The van der Waals surface area contributed by atoms with Crippen LogP contribution >= 0.6 is 0 Å². The average molecular weight is 294 g/mol. The Morgan fingerprint density at radius 3 is 2.70 bits per heavy atom. The zero-order valence-electron chi connectivity index (χ0n) is 11.4. The van der Waals surface area contributed by atoms with Crippen molar-refractivity contribution in [3.63, 3.8) is 0 Å². The zero-order chi connectivity index (χ0) is 14.4. The van der Waals surface area contributed by atoms with E-state index >= 15 is 0 Å². The molecule has 6 heteroatoms. The van der Waals surface area contributed by atoms with E-state index in [0.29, 0.717) is 23.5 Å². The standard InChI is InChI=1S/C14H18N2O3S/c1-20(17,18)10-3-4-12-11(7-10)16-13(19-12)8-14(9-15)5-2-6-14/h3-4,7H,2,5-6,8-9,15H2,1H3. The van der Waals surface area contributed by atoms with Gasteiger partial charge in [0.15, 0.2) is 21.3 Å². The first-order valence-electron chi connectivity index (χ1n) is 6.72. The second-order valence-corrected chi connectivity index (χ2v) is 7.76. The number of benzene rings is 1. The molecule has 20 heavy (non-hydrogen) atoms. The maximum atomic E-state index is 11.5. The van der Waals surface area contributed by atoms with Crippen molar-refractivity contribution >= 4 is 20.9 Å². The molecule has 1 aromatic heterocycles. The molecule has 1 aromatic carbocycles. The van der Waals surface area contributed by atoms with Gasteiger partial charge in [-0.15, -0.1) is 0 Å². The summed E-state index contributed by atoms with van der Waals surface area (Å²) in [5, 5.41) is 0. The summed E-state index contributed by atoms with van der Waals surface area (Å²) in [5.74, 6) is 0.649. The van der Waals surface area contributed by atoms with Crippen LogP contribution in [0.4, 0.5) is 0 Å². The van der Waals surface area contributed by atoms with E-state index in [9.17, 15) is 8.42 Å². The first-order valence-corrected chi connectivity index (χ1v) is 8.61. The summed E-state index contributed by atoms with van der Waals surface area (Å²) in [6.45, 7) is 0.639. The molecule has 0 spiro atoms. The number of nitrogens with two attached hydrogens (primary N) is 1. The first-order chi connectivity index (χ1) is 9.42. The highest BCUT2D eigenvalue weighted by Gasteiger charge is 2.37. The van der Waals surface area contributed by atoms with Crippen molar-refractivity contribution in [3.8, 4) is 0 Å². The molecule has 1 aliphatic carbocycles. The van der Waals surface area contributed by atoms with Gasteiger partial charge in [-0.3, -0.25) is 0 Å². The quantitative estimate of drug-likeness (QED) is 0.930. The van der Waals surface area contributed by atoms with E-state index in [1.54, 1.807) is 18.2 Å². The van der Waals surface area contributed by atoms with Gasteiger partial charge < -0.3 is 10.2 Å². The average Bonchev–Trinajstić information content (AvgIpc) is 2.73. The topological polar surface area (TPSA) is 86.2 Å². The highest BCUT2D eigenvalue weighted by atomic mass is 32.2. The van der Waals surface area contributed by atoms with E-state index in [-0.39, 0.29) is 10.3 Å². The molecule has 108 valence electrons. The van der Waals surface area contributed by atoms with E-state index in [1.165, 1.54) is 12.7 Å². The molecule has 1 heterocycles. The summed E-state index contributed by atoms with van der Waals surface area (Å²) >= 11 is 0. The molecule has 2 N–H and O–H groups in total. The van der Waals surface area contributed by atoms with Gasteiger partial charge in [0, 0.05) is 12.7 Å². The molecule has 1 fully saturated rings. The minimum Gasteiger partial charge on any atom is -0.441 e. The van der Waals surface area contributed by atoms with E-state index in [1.807, 2.05) is 0 Å². The van der Waals surface area contributed by atoms with Crippen molar-refractivity contribution in [2.24, 2.45) is 11.1 Å². The molecule has 5 nitrogen and oxygen atoms in total. The second kappa shape index (κ2) is 4.56. The van der Waals surface area contributed by atoms with Crippen molar-refractivity contribution in [1.29, 1.82) is 0 Å². The normalized spacial score (nSPS) is 18.1. The Morgan fingerprint density at radius 1 is 1.40 bits per heavy atom. The molecule has 0 radical (unpaired) electrons. The van der Waals surface area contributed by atoms with Crippen LogP contribution in [0.5, 0.6) is 0 Å². The smallest absolute Gasteiger partial charge is 0.196 e. The molecule has 0 aliphatic heterocycles. The Bertz CT molecular complexity index is 739. The largest absolute Gasteiger partial charge is 0.441 e. The van der Waals surface area contributed by atoms with Crippen LogP contribution in [0.25, 0.3) is 11.1 Å². The van der Waals surface area contributed by atoms with Crippen LogP contribution in [0.2, 0.25) is 0 Å². The monoisotopic (exact) mass is 294 g/mol. The molecule has 0 saturated heterocycles. The van der Waals surface area contributed by atoms with E-state index < -0.39 is 9.84 Å². The Balaban J connectivity index is 1.95.